The second kappa shape index (κ2) is 6.29. The fourth-order valence-corrected chi connectivity index (χ4v) is 2.55. The molecule has 1 atom stereocenters. The molecule has 0 fully saturated rings. The largest absolute Gasteiger partial charge is 0.356 e. The van der Waals surface area contributed by atoms with Crippen molar-refractivity contribution >= 4 is 12.2 Å². The molecular formula is C16H21N5O. The average molecular weight is 299 g/mol. The summed E-state index contributed by atoms with van der Waals surface area (Å²) in [6, 6.07) is 10.3. The molecule has 1 aromatic heterocycles. The first-order valence-corrected chi connectivity index (χ1v) is 7.41. The molecule has 0 saturated heterocycles. The molecule has 0 saturated carbocycles. The molecule has 1 unspecified atom stereocenters. The van der Waals surface area contributed by atoms with Crippen LogP contribution in [0, 0.1) is 0 Å². The molecule has 0 spiro atoms. The Labute approximate surface area is 130 Å². The highest BCUT2D eigenvalue weighted by atomic mass is 16.5. The lowest BCUT2D eigenvalue weighted by Gasteiger charge is -2.32. The number of imidazole rings is 1. The highest BCUT2D eigenvalue weighted by Crippen LogP contribution is 2.32. The maximum atomic E-state index is 5.95. The van der Waals surface area contributed by atoms with E-state index >= 15 is 0 Å². The molecule has 0 radical (unpaired) electrons. The Morgan fingerprint density at radius 2 is 1.95 bits per heavy atom. The van der Waals surface area contributed by atoms with E-state index in [4.69, 9.17) is 4.74 Å². The smallest absolute Gasteiger partial charge is 0.179 e. The van der Waals surface area contributed by atoms with E-state index in [2.05, 4.69) is 26.7 Å². The van der Waals surface area contributed by atoms with Gasteiger partial charge in [0.15, 0.2) is 12.0 Å². The lowest BCUT2D eigenvalue weighted by molar-refractivity contribution is -0.114. The summed E-state index contributed by atoms with van der Waals surface area (Å²) in [7, 11) is 3.93. The number of benzene rings is 1. The van der Waals surface area contributed by atoms with E-state index < -0.39 is 0 Å². The number of rotatable bonds is 4. The molecule has 0 N–H and O–H groups in total. The van der Waals surface area contributed by atoms with E-state index in [1.54, 1.807) is 6.34 Å². The van der Waals surface area contributed by atoms with Crippen LogP contribution in [0.1, 0.15) is 24.4 Å². The van der Waals surface area contributed by atoms with Gasteiger partial charge in [-0.15, -0.1) is 0 Å². The van der Waals surface area contributed by atoms with Crippen molar-refractivity contribution in [1.29, 1.82) is 0 Å². The van der Waals surface area contributed by atoms with Crippen molar-refractivity contribution in [1.82, 2.24) is 19.6 Å². The lowest BCUT2D eigenvalue weighted by atomic mass is 10.2. The third-order valence-electron chi connectivity index (χ3n) is 3.80. The quantitative estimate of drug-likeness (QED) is 0.870. The van der Waals surface area contributed by atoms with Crippen molar-refractivity contribution in [3.63, 3.8) is 0 Å². The van der Waals surface area contributed by atoms with Crippen molar-refractivity contribution in [2.45, 2.75) is 19.7 Å². The van der Waals surface area contributed by atoms with Crippen molar-refractivity contribution in [3.8, 4) is 0 Å². The van der Waals surface area contributed by atoms with Crippen LogP contribution in [0.25, 0.3) is 0 Å². The first-order valence-electron chi connectivity index (χ1n) is 7.41. The number of aliphatic imine (C=N–C) groups is 1. The molecule has 1 aliphatic rings. The number of fused-ring (bicyclic) bond motifs is 1. The van der Waals surface area contributed by atoms with Gasteiger partial charge in [-0.3, -0.25) is 5.01 Å². The predicted octanol–water partition coefficient (Wildman–Crippen LogP) is 2.42. The Morgan fingerprint density at radius 3 is 2.68 bits per heavy atom. The second-order valence-corrected chi connectivity index (χ2v) is 5.27. The highest BCUT2D eigenvalue weighted by Gasteiger charge is 2.29. The molecule has 6 heteroatoms. The molecular weight excluding hydrogens is 278 g/mol. The van der Waals surface area contributed by atoms with Crippen LogP contribution in [0.3, 0.4) is 0 Å². The standard InChI is InChI=1S/C16H21N5O/c1-4-22-16-14-15(17-11-19(2)20(16)3)18-12-21(14)10-13-8-6-5-7-9-13/h5-9,11-12,16H,4,10H2,1-3H3. The van der Waals surface area contributed by atoms with Gasteiger partial charge in [0.05, 0.1) is 6.33 Å². The van der Waals surface area contributed by atoms with E-state index in [0.717, 1.165) is 12.2 Å². The topological polar surface area (TPSA) is 45.9 Å². The molecule has 0 aliphatic carbocycles. The molecule has 6 nitrogen and oxygen atoms in total. The van der Waals surface area contributed by atoms with E-state index in [9.17, 15) is 0 Å². The van der Waals surface area contributed by atoms with Gasteiger partial charge in [-0.25, -0.2) is 9.98 Å². The lowest BCUT2D eigenvalue weighted by Crippen LogP contribution is -2.39. The fraction of sp³-hybridized carbons (Fsp3) is 0.375. The summed E-state index contributed by atoms with van der Waals surface area (Å²) in [5, 5.41) is 3.93. The van der Waals surface area contributed by atoms with Gasteiger partial charge >= 0.3 is 0 Å². The zero-order chi connectivity index (χ0) is 15.5. The Morgan fingerprint density at radius 1 is 1.18 bits per heavy atom. The maximum Gasteiger partial charge on any atom is 0.179 e. The molecule has 1 aliphatic heterocycles. The summed E-state index contributed by atoms with van der Waals surface area (Å²) in [6.45, 7) is 3.37. The summed E-state index contributed by atoms with van der Waals surface area (Å²) in [5.74, 6) is 0.714. The van der Waals surface area contributed by atoms with E-state index in [-0.39, 0.29) is 6.23 Å². The third-order valence-corrected chi connectivity index (χ3v) is 3.80. The Balaban J connectivity index is 1.99. The second-order valence-electron chi connectivity index (χ2n) is 5.27. The minimum absolute atomic E-state index is 0.210. The van der Waals surface area contributed by atoms with Gasteiger partial charge in [-0.1, -0.05) is 30.3 Å². The average Bonchev–Trinajstić information content (AvgIpc) is 2.88. The minimum atomic E-state index is -0.210. The number of hydrogen-bond donors (Lipinski definition) is 0. The van der Waals surface area contributed by atoms with E-state index in [1.165, 1.54) is 5.56 Å². The molecule has 116 valence electrons. The summed E-state index contributed by atoms with van der Waals surface area (Å²) < 4.78 is 8.06. The molecule has 0 amide bonds. The SMILES string of the molecule is CCOC1c2c(ncn2Cc2ccccc2)N=CN(C)N1C. The van der Waals surface area contributed by atoms with Gasteiger partial charge < -0.3 is 9.30 Å². The Bertz CT molecular complexity index is 652. The first-order chi connectivity index (χ1) is 10.7. The first kappa shape index (κ1) is 14.7. The molecule has 2 heterocycles. The van der Waals surface area contributed by atoms with Crippen molar-refractivity contribution in [3.05, 3.63) is 47.9 Å². The van der Waals surface area contributed by atoms with Crippen molar-refractivity contribution in [2.75, 3.05) is 20.7 Å². The highest BCUT2D eigenvalue weighted by molar-refractivity contribution is 5.61. The summed E-state index contributed by atoms with van der Waals surface area (Å²) in [6.07, 6.45) is 3.39. The van der Waals surface area contributed by atoms with Crippen LogP contribution in [-0.2, 0) is 11.3 Å². The molecule has 0 bridgehead atoms. The van der Waals surface area contributed by atoms with Crippen LogP contribution in [0.15, 0.2) is 41.7 Å². The normalized spacial score (nSPS) is 18.3. The monoisotopic (exact) mass is 299 g/mol. The van der Waals surface area contributed by atoms with Gasteiger partial charge in [0.1, 0.15) is 12.0 Å². The van der Waals surface area contributed by atoms with E-state index in [1.807, 2.05) is 55.6 Å². The molecule has 1 aromatic carbocycles. The molecule has 2 aromatic rings. The summed E-state index contributed by atoms with van der Waals surface area (Å²) in [4.78, 5) is 8.91. The van der Waals surface area contributed by atoms with Crippen LogP contribution in [0.2, 0.25) is 0 Å². The van der Waals surface area contributed by atoms with Crippen molar-refractivity contribution in [2.24, 2.45) is 4.99 Å². The summed E-state index contributed by atoms with van der Waals surface area (Å²) >= 11 is 0. The zero-order valence-corrected chi connectivity index (χ0v) is 13.2. The van der Waals surface area contributed by atoms with Crippen LogP contribution >= 0.6 is 0 Å². The maximum absolute atomic E-state index is 5.95. The van der Waals surface area contributed by atoms with Crippen molar-refractivity contribution < 1.29 is 4.74 Å². The number of aromatic nitrogens is 2. The van der Waals surface area contributed by atoms with Gasteiger partial charge in [0.25, 0.3) is 0 Å². The Hall–Kier alpha value is -2.18. The predicted molar refractivity (Wildman–Crippen MR) is 85.8 cm³/mol. The molecule has 3 rings (SSSR count). The number of ether oxygens (including phenoxy) is 1. The molecule has 22 heavy (non-hydrogen) atoms. The van der Waals surface area contributed by atoms with Gasteiger partial charge in [-0.05, 0) is 12.5 Å². The number of hydrazine groups is 1. The van der Waals surface area contributed by atoms with Crippen LogP contribution in [0.4, 0.5) is 5.82 Å². The Kier molecular flexibility index (Phi) is 4.22. The van der Waals surface area contributed by atoms with E-state index in [0.29, 0.717) is 12.4 Å². The summed E-state index contributed by atoms with van der Waals surface area (Å²) in [5.41, 5.74) is 2.20. The van der Waals surface area contributed by atoms with Gasteiger partial charge in [0.2, 0.25) is 0 Å². The van der Waals surface area contributed by atoms with Crippen LogP contribution in [0.5, 0.6) is 0 Å². The van der Waals surface area contributed by atoms with Crippen LogP contribution in [-0.4, -0.2) is 46.6 Å². The number of nitrogens with zero attached hydrogens (tertiary/aromatic N) is 5. The zero-order valence-electron chi connectivity index (χ0n) is 13.2. The van der Waals surface area contributed by atoms with Gasteiger partial charge in [0, 0.05) is 27.2 Å². The third kappa shape index (κ3) is 2.75. The number of hydrogen-bond acceptors (Lipinski definition) is 5. The fourth-order valence-electron chi connectivity index (χ4n) is 2.55. The minimum Gasteiger partial charge on any atom is -0.356 e. The van der Waals surface area contributed by atoms with Crippen LogP contribution < -0.4 is 0 Å². The van der Waals surface area contributed by atoms with Gasteiger partial charge in [-0.2, -0.15) is 5.01 Å².